The fourth-order valence-corrected chi connectivity index (χ4v) is 1.50. The number of amides is 1. The second-order valence-electron chi connectivity index (χ2n) is 7.85. The van der Waals surface area contributed by atoms with Crippen molar-refractivity contribution < 1.29 is 14.3 Å². The molecule has 0 aromatic rings. The van der Waals surface area contributed by atoms with Gasteiger partial charge in [-0.15, -0.1) is 0 Å². The van der Waals surface area contributed by atoms with Crippen LogP contribution in [0.5, 0.6) is 0 Å². The Hall–Kier alpha value is -0.650. The van der Waals surface area contributed by atoms with Crippen molar-refractivity contribution in [3.8, 4) is 0 Å². The molecule has 5 heteroatoms. The lowest BCUT2D eigenvalue weighted by atomic mass is 10.0. The number of hydrogen-bond acceptors (Lipinski definition) is 4. The molecule has 126 valence electrons. The molecule has 0 rings (SSSR count). The minimum absolute atomic E-state index is 0.0894. The van der Waals surface area contributed by atoms with Crippen molar-refractivity contribution in [3.63, 3.8) is 0 Å². The molecule has 0 atom stereocenters. The molecule has 0 saturated carbocycles. The molecular formula is C16H34N2O3. The molecule has 21 heavy (non-hydrogen) atoms. The average Bonchev–Trinajstić information content (AvgIpc) is 2.22. The zero-order chi connectivity index (χ0) is 16.7. The minimum Gasteiger partial charge on any atom is -0.375 e. The number of carbonyl (C=O) groups excluding carboxylic acids is 1. The molecule has 0 saturated heterocycles. The summed E-state index contributed by atoms with van der Waals surface area (Å²) in [5, 5.41) is 2.85. The molecule has 3 N–H and O–H groups in total. The highest BCUT2D eigenvalue weighted by atomic mass is 16.5. The molecule has 0 fully saturated rings. The SMILES string of the molecule is CC(C)(N)CCOC(C)(C)CCNC(=O)COC(C)(C)C. The van der Waals surface area contributed by atoms with Crippen molar-refractivity contribution in [1.29, 1.82) is 0 Å². The summed E-state index contributed by atoms with van der Waals surface area (Å²) in [5.74, 6) is -0.0937. The van der Waals surface area contributed by atoms with E-state index in [4.69, 9.17) is 15.2 Å². The molecular weight excluding hydrogens is 268 g/mol. The van der Waals surface area contributed by atoms with E-state index in [1.54, 1.807) is 0 Å². The van der Waals surface area contributed by atoms with Gasteiger partial charge in [0.1, 0.15) is 6.61 Å². The van der Waals surface area contributed by atoms with Gasteiger partial charge in [0, 0.05) is 18.7 Å². The Morgan fingerprint density at radius 2 is 1.57 bits per heavy atom. The molecule has 1 amide bonds. The van der Waals surface area contributed by atoms with Gasteiger partial charge in [-0.25, -0.2) is 0 Å². The van der Waals surface area contributed by atoms with Gasteiger partial charge in [-0.05, 0) is 61.3 Å². The molecule has 0 unspecified atom stereocenters. The standard InChI is InChI=1S/C16H34N2O3/c1-14(2,3)21-12-13(19)18-10-8-16(6,7)20-11-9-15(4,5)17/h8-12,17H2,1-7H3,(H,18,19). The van der Waals surface area contributed by atoms with Crippen LogP contribution in [0, 0.1) is 0 Å². The minimum atomic E-state index is -0.297. The maximum absolute atomic E-state index is 11.6. The number of hydrogen-bond donors (Lipinski definition) is 2. The van der Waals surface area contributed by atoms with Crippen molar-refractivity contribution in [3.05, 3.63) is 0 Å². The van der Waals surface area contributed by atoms with Gasteiger partial charge in [0.25, 0.3) is 0 Å². The Morgan fingerprint density at radius 1 is 1.00 bits per heavy atom. The van der Waals surface area contributed by atoms with Crippen LogP contribution in [0.1, 0.15) is 61.3 Å². The lowest BCUT2D eigenvalue weighted by Crippen LogP contribution is -2.38. The van der Waals surface area contributed by atoms with Gasteiger partial charge in [-0.2, -0.15) is 0 Å². The van der Waals surface area contributed by atoms with Gasteiger partial charge in [0.05, 0.1) is 11.2 Å². The summed E-state index contributed by atoms with van der Waals surface area (Å²) in [6, 6.07) is 0. The van der Waals surface area contributed by atoms with E-state index < -0.39 is 0 Å². The van der Waals surface area contributed by atoms with Gasteiger partial charge in [-0.1, -0.05) is 0 Å². The second-order valence-corrected chi connectivity index (χ2v) is 7.85. The maximum Gasteiger partial charge on any atom is 0.246 e. The quantitative estimate of drug-likeness (QED) is 0.685. The zero-order valence-corrected chi connectivity index (χ0v) is 14.8. The first-order chi connectivity index (χ1) is 9.31. The Kier molecular flexibility index (Phi) is 7.86. The highest BCUT2D eigenvalue weighted by Crippen LogP contribution is 2.15. The largest absolute Gasteiger partial charge is 0.375 e. The molecule has 0 aliphatic rings. The maximum atomic E-state index is 11.6. The molecule has 0 aliphatic carbocycles. The lowest BCUT2D eigenvalue weighted by molar-refractivity contribution is -0.130. The topological polar surface area (TPSA) is 73.6 Å². The monoisotopic (exact) mass is 302 g/mol. The van der Waals surface area contributed by atoms with Crippen LogP contribution in [0.15, 0.2) is 0 Å². The van der Waals surface area contributed by atoms with Crippen molar-refractivity contribution >= 4 is 5.91 Å². The summed E-state index contributed by atoms with van der Waals surface area (Å²) in [6.07, 6.45) is 1.56. The molecule has 0 aromatic heterocycles. The van der Waals surface area contributed by atoms with Crippen molar-refractivity contribution in [2.75, 3.05) is 19.8 Å². The smallest absolute Gasteiger partial charge is 0.246 e. The number of rotatable bonds is 9. The molecule has 5 nitrogen and oxygen atoms in total. The first-order valence-electron chi connectivity index (χ1n) is 7.64. The van der Waals surface area contributed by atoms with Crippen LogP contribution >= 0.6 is 0 Å². The summed E-state index contributed by atoms with van der Waals surface area (Å²) in [6.45, 7) is 15.1. The number of carbonyl (C=O) groups is 1. The van der Waals surface area contributed by atoms with E-state index >= 15 is 0 Å². The van der Waals surface area contributed by atoms with Crippen molar-refractivity contribution in [2.45, 2.75) is 78.0 Å². The third-order valence-electron chi connectivity index (χ3n) is 2.92. The Balaban J connectivity index is 3.85. The van der Waals surface area contributed by atoms with Gasteiger partial charge in [-0.3, -0.25) is 4.79 Å². The van der Waals surface area contributed by atoms with Gasteiger partial charge < -0.3 is 20.5 Å². The number of ether oxygens (including phenoxy) is 2. The van der Waals surface area contributed by atoms with Crippen LogP contribution in [0.2, 0.25) is 0 Å². The molecule has 0 spiro atoms. The van der Waals surface area contributed by atoms with Gasteiger partial charge >= 0.3 is 0 Å². The Bertz CT molecular complexity index is 314. The normalized spacial score (nSPS) is 13.3. The van der Waals surface area contributed by atoms with Crippen LogP contribution in [0.4, 0.5) is 0 Å². The van der Waals surface area contributed by atoms with E-state index in [0.29, 0.717) is 13.2 Å². The summed E-state index contributed by atoms with van der Waals surface area (Å²) in [4.78, 5) is 11.6. The summed E-state index contributed by atoms with van der Waals surface area (Å²) >= 11 is 0. The van der Waals surface area contributed by atoms with Crippen LogP contribution in [-0.4, -0.2) is 42.4 Å². The number of nitrogens with one attached hydrogen (secondary N) is 1. The van der Waals surface area contributed by atoms with Crippen molar-refractivity contribution in [1.82, 2.24) is 5.32 Å². The number of nitrogens with two attached hydrogens (primary N) is 1. The third kappa shape index (κ3) is 14.1. The Morgan fingerprint density at radius 3 is 2.05 bits per heavy atom. The van der Waals surface area contributed by atoms with Crippen LogP contribution < -0.4 is 11.1 Å². The summed E-state index contributed by atoms with van der Waals surface area (Å²) in [7, 11) is 0. The Labute approximate surface area is 129 Å². The molecule has 0 bridgehead atoms. The van der Waals surface area contributed by atoms with Crippen LogP contribution in [0.3, 0.4) is 0 Å². The highest BCUT2D eigenvalue weighted by Gasteiger charge is 2.20. The van der Waals surface area contributed by atoms with Gasteiger partial charge in [0.2, 0.25) is 5.91 Å². The van der Waals surface area contributed by atoms with Crippen LogP contribution in [0.25, 0.3) is 0 Å². The van der Waals surface area contributed by atoms with E-state index in [1.807, 2.05) is 48.5 Å². The highest BCUT2D eigenvalue weighted by molar-refractivity contribution is 5.77. The molecule has 0 heterocycles. The van der Waals surface area contributed by atoms with E-state index in [1.165, 1.54) is 0 Å². The lowest BCUT2D eigenvalue weighted by Gasteiger charge is -2.28. The van der Waals surface area contributed by atoms with Crippen LogP contribution in [-0.2, 0) is 14.3 Å². The predicted molar refractivity (Wildman–Crippen MR) is 86.2 cm³/mol. The summed E-state index contributed by atoms with van der Waals surface area (Å²) in [5.41, 5.74) is 5.14. The van der Waals surface area contributed by atoms with Crippen molar-refractivity contribution in [2.24, 2.45) is 5.73 Å². The molecule has 0 aliphatic heterocycles. The van der Waals surface area contributed by atoms with E-state index in [2.05, 4.69) is 5.32 Å². The average molecular weight is 302 g/mol. The fraction of sp³-hybridized carbons (Fsp3) is 0.938. The fourth-order valence-electron chi connectivity index (χ4n) is 1.50. The first kappa shape index (κ1) is 20.3. The molecule has 0 radical (unpaired) electrons. The first-order valence-corrected chi connectivity index (χ1v) is 7.64. The summed E-state index contributed by atoms with van der Waals surface area (Å²) < 4.78 is 11.3. The van der Waals surface area contributed by atoms with E-state index in [9.17, 15) is 4.79 Å². The predicted octanol–water partition coefficient (Wildman–Crippen LogP) is 2.23. The van der Waals surface area contributed by atoms with E-state index in [-0.39, 0.29) is 29.3 Å². The third-order valence-corrected chi connectivity index (χ3v) is 2.92. The molecule has 0 aromatic carbocycles. The second kappa shape index (κ2) is 8.11. The van der Waals surface area contributed by atoms with E-state index in [0.717, 1.165) is 12.8 Å². The van der Waals surface area contributed by atoms with Gasteiger partial charge in [0.15, 0.2) is 0 Å². The zero-order valence-electron chi connectivity index (χ0n) is 14.8.